The largest absolute Gasteiger partial charge is 0.465 e. The molecule has 33 heavy (non-hydrogen) atoms. The topological polar surface area (TPSA) is 104 Å². The molecule has 182 valence electrons. The number of esters is 2. The molecular weight excluding hydrogens is 448 g/mol. The zero-order valence-electron chi connectivity index (χ0n) is 20.0. The third-order valence-corrected chi connectivity index (χ3v) is 6.79. The van der Waals surface area contributed by atoms with Crippen LogP contribution >= 0.6 is 11.6 Å². The number of rotatable bonds is 6. The van der Waals surface area contributed by atoms with E-state index in [1.54, 1.807) is 4.57 Å². The summed E-state index contributed by atoms with van der Waals surface area (Å²) < 4.78 is 11.9. The average molecular weight is 481 g/mol. The summed E-state index contributed by atoms with van der Waals surface area (Å²) in [6, 6.07) is 0. The van der Waals surface area contributed by atoms with Gasteiger partial charge in [-0.1, -0.05) is 11.6 Å². The molecule has 3 rings (SSSR count). The second kappa shape index (κ2) is 9.49. The van der Waals surface area contributed by atoms with Crippen LogP contribution < -0.4 is 5.32 Å². The van der Waals surface area contributed by atoms with Crippen LogP contribution in [0.5, 0.6) is 0 Å². The summed E-state index contributed by atoms with van der Waals surface area (Å²) in [5, 5.41) is 2.86. The minimum absolute atomic E-state index is 0.0251. The van der Waals surface area contributed by atoms with Crippen molar-refractivity contribution < 1.29 is 28.7 Å². The van der Waals surface area contributed by atoms with E-state index in [0.29, 0.717) is 37.9 Å². The maximum atomic E-state index is 13.1. The Kier molecular flexibility index (Phi) is 7.27. The Morgan fingerprint density at radius 1 is 1.18 bits per heavy atom. The molecule has 0 unspecified atom stereocenters. The van der Waals surface area contributed by atoms with Gasteiger partial charge in [-0.05, 0) is 72.1 Å². The third kappa shape index (κ3) is 5.60. The van der Waals surface area contributed by atoms with Crippen LogP contribution in [0, 0.1) is 5.92 Å². The normalized spacial score (nSPS) is 22.4. The Bertz CT molecular complexity index is 967. The van der Waals surface area contributed by atoms with Crippen molar-refractivity contribution in [2.24, 2.45) is 5.92 Å². The molecule has 1 aliphatic heterocycles. The van der Waals surface area contributed by atoms with Crippen molar-refractivity contribution in [1.82, 2.24) is 9.88 Å². The SMILES string of the molecule is COC(=O)c1c(Cl)c(C(=O)C(=O)N[C@]2(C)CC[C@H](CC(=O)OC(C)(C)C)CC2)n2c1CCC2. The first-order valence-corrected chi connectivity index (χ1v) is 11.8. The molecule has 0 bridgehead atoms. The molecule has 2 heterocycles. The summed E-state index contributed by atoms with van der Waals surface area (Å²) in [5.74, 6) is -2.13. The fraction of sp³-hybridized carbons (Fsp3) is 0.667. The Hall–Kier alpha value is -2.35. The van der Waals surface area contributed by atoms with Gasteiger partial charge >= 0.3 is 11.9 Å². The molecule has 0 radical (unpaired) electrons. The van der Waals surface area contributed by atoms with Crippen molar-refractivity contribution in [3.63, 3.8) is 0 Å². The lowest BCUT2D eigenvalue weighted by Gasteiger charge is -2.38. The Balaban J connectivity index is 1.65. The zero-order chi connectivity index (χ0) is 24.6. The first kappa shape index (κ1) is 25.3. The van der Waals surface area contributed by atoms with Crippen LogP contribution in [0.15, 0.2) is 0 Å². The number of fused-ring (bicyclic) bond motifs is 1. The van der Waals surface area contributed by atoms with Crippen molar-refractivity contribution >= 4 is 35.2 Å². The highest BCUT2D eigenvalue weighted by atomic mass is 35.5. The number of Topliss-reactive ketones (excluding diaryl/α,β-unsaturated/α-hetero) is 1. The summed E-state index contributed by atoms with van der Waals surface area (Å²) in [6.07, 6.45) is 4.49. The first-order chi connectivity index (χ1) is 15.3. The van der Waals surface area contributed by atoms with E-state index in [1.165, 1.54) is 7.11 Å². The van der Waals surface area contributed by atoms with E-state index in [0.717, 1.165) is 19.3 Å². The molecule has 1 aromatic rings. The number of methoxy groups -OCH3 is 1. The van der Waals surface area contributed by atoms with Crippen molar-refractivity contribution in [2.45, 2.75) is 90.3 Å². The maximum Gasteiger partial charge on any atom is 0.341 e. The minimum Gasteiger partial charge on any atom is -0.465 e. The maximum absolute atomic E-state index is 13.1. The molecule has 9 heteroatoms. The van der Waals surface area contributed by atoms with Gasteiger partial charge in [0.1, 0.15) is 11.3 Å². The molecule has 1 N–H and O–H groups in total. The second-order valence-corrected chi connectivity index (χ2v) is 10.7. The van der Waals surface area contributed by atoms with Gasteiger partial charge in [-0.3, -0.25) is 14.4 Å². The monoisotopic (exact) mass is 480 g/mol. The molecule has 0 atom stereocenters. The quantitative estimate of drug-likeness (QED) is 0.376. The molecule has 1 fully saturated rings. The molecule has 0 saturated heterocycles. The smallest absolute Gasteiger partial charge is 0.341 e. The summed E-state index contributed by atoms with van der Waals surface area (Å²) in [6.45, 7) is 7.96. The van der Waals surface area contributed by atoms with Gasteiger partial charge in [0.05, 0.1) is 17.7 Å². The molecular formula is C24H33ClN2O6. The fourth-order valence-electron chi connectivity index (χ4n) is 4.78. The van der Waals surface area contributed by atoms with Crippen molar-refractivity contribution in [3.8, 4) is 0 Å². The number of ether oxygens (including phenoxy) is 2. The zero-order valence-corrected chi connectivity index (χ0v) is 20.8. The van der Waals surface area contributed by atoms with E-state index < -0.39 is 28.8 Å². The predicted molar refractivity (Wildman–Crippen MR) is 122 cm³/mol. The number of hydrogen-bond acceptors (Lipinski definition) is 6. The van der Waals surface area contributed by atoms with Gasteiger partial charge in [-0.2, -0.15) is 0 Å². The van der Waals surface area contributed by atoms with E-state index >= 15 is 0 Å². The number of hydrogen-bond donors (Lipinski definition) is 1. The van der Waals surface area contributed by atoms with Crippen LogP contribution in [-0.4, -0.2) is 46.4 Å². The Morgan fingerprint density at radius 2 is 1.82 bits per heavy atom. The number of carbonyl (C=O) groups is 4. The van der Waals surface area contributed by atoms with Gasteiger partial charge in [0.15, 0.2) is 0 Å². The summed E-state index contributed by atoms with van der Waals surface area (Å²) >= 11 is 6.38. The fourth-order valence-corrected chi connectivity index (χ4v) is 5.15. The molecule has 1 aromatic heterocycles. The van der Waals surface area contributed by atoms with Crippen LogP contribution in [0.1, 0.15) is 92.8 Å². The molecule has 0 spiro atoms. The van der Waals surface area contributed by atoms with Crippen LogP contribution in [0.3, 0.4) is 0 Å². The van der Waals surface area contributed by atoms with Gasteiger partial charge in [-0.15, -0.1) is 0 Å². The number of halogens is 1. The van der Waals surface area contributed by atoms with Gasteiger partial charge in [0, 0.05) is 24.2 Å². The standard InChI is InChI=1S/C24H33ClN2O6/c1-23(2,3)33-16(28)13-14-8-10-24(4,11-9-14)26-21(30)20(29)19-18(25)17(22(31)32-5)15-7-6-12-27(15)19/h14H,6-13H2,1-5H3,(H,26,30)/t14-,24+. The molecule has 0 aromatic carbocycles. The van der Waals surface area contributed by atoms with E-state index in [1.807, 2.05) is 27.7 Å². The molecule has 2 aliphatic rings. The Labute approximate surface area is 199 Å². The van der Waals surface area contributed by atoms with Crippen LogP contribution in [0.2, 0.25) is 5.02 Å². The molecule has 1 amide bonds. The van der Waals surface area contributed by atoms with Gasteiger partial charge in [0.25, 0.3) is 11.7 Å². The minimum atomic E-state index is -0.754. The summed E-state index contributed by atoms with van der Waals surface area (Å²) in [4.78, 5) is 50.3. The van der Waals surface area contributed by atoms with E-state index in [9.17, 15) is 19.2 Å². The second-order valence-electron chi connectivity index (χ2n) is 10.3. The molecule has 1 aliphatic carbocycles. The highest BCUT2D eigenvalue weighted by Gasteiger charge is 2.38. The first-order valence-electron chi connectivity index (χ1n) is 11.4. The van der Waals surface area contributed by atoms with Crippen molar-refractivity contribution in [2.75, 3.05) is 7.11 Å². The van der Waals surface area contributed by atoms with Gasteiger partial charge in [-0.25, -0.2) is 4.79 Å². The summed E-state index contributed by atoms with van der Waals surface area (Å²) in [7, 11) is 1.26. The summed E-state index contributed by atoms with van der Waals surface area (Å²) in [5.41, 5.74) is -0.222. The van der Waals surface area contributed by atoms with Crippen molar-refractivity contribution in [3.05, 3.63) is 22.0 Å². The van der Waals surface area contributed by atoms with Gasteiger partial charge < -0.3 is 19.4 Å². The highest BCUT2D eigenvalue weighted by molar-refractivity contribution is 6.47. The van der Waals surface area contributed by atoms with Crippen LogP contribution in [0.4, 0.5) is 0 Å². The molecule has 1 saturated carbocycles. The van der Waals surface area contributed by atoms with Crippen LogP contribution in [-0.2, 0) is 32.0 Å². The lowest BCUT2D eigenvalue weighted by atomic mass is 9.76. The third-order valence-electron chi connectivity index (χ3n) is 6.42. The number of carbonyl (C=O) groups excluding carboxylic acids is 4. The predicted octanol–water partition coefficient (Wildman–Crippen LogP) is 3.85. The lowest BCUT2D eigenvalue weighted by Crippen LogP contribution is -2.51. The van der Waals surface area contributed by atoms with E-state index in [2.05, 4.69) is 5.32 Å². The molecule has 8 nitrogen and oxygen atoms in total. The number of amides is 1. The number of ketones is 1. The average Bonchev–Trinajstić information content (AvgIpc) is 3.27. The van der Waals surface area contributed by atoms with Crippen LogP contribution in [0.25, 0.3) is 0 Å². The number of aromatic nitrogens is 1. The Morgan fingerprint density at radius 3 is 2.39 bits per heavy atom. The highest BCUT2D eigenvalue weighted by Crippen LogP contribution is 2.36. The lowest BCUT2D eigenvalue weighted by molar-refractivity contribution is -0.156. The van der Waals surface area contributed by atoms with E-state index in [4.69, 9.17) is 21.1 Å². The number of nitrogens with one attached hydrogen (secondary N) is 1. The van der Waals surface area contributed by atoms with E-state index in [-0.39, 0.29) is 28.2 Å². The number of nitrogens with zero attached hydrogens (tertiary/aromatic N) is 1. The van der Waals surface area contributed by atoms with Gasteiger partial charge in [0.2, 0.25) is 0 Å². The van der Waals surface area contributed by atoms with Crippen molar-refractivity contribution in [1.29, 1.82) is 0 Å².